The van der Waals surface area contributed by atoms with Gasteiger partial charge in [-0.05, 0) is 33.1 Å². The van der Waals surface area contributed by atoms with Crippen molar-refractivity contribution in [1.82, 2.24) is 4.90 Å². The van der Waals surface area contributed by atoms with Crippen LogP contribution in [0.2, 0.25) is 0 Å². The minimum atomic E-state index is 0.429. The monoisotopic (exact) mass is 215 g/mol. The average molecular weight is 215 g/mol. The molecule has 14 heavy (non-hydrogen) atoms. The van der Waals surface area contributed by atoms with Crippen LogP contribution in [-0.4, -0.2) is 42.6 Å². The van der Waals surface area contributed by atoms with Crippen LogP contribution in [0.25, 0.3) is 0 Å². The summed E-state index contributed by atoms with van der Waals surface area (Å²) in [4.78, 5) is 2.36. The molecule has 0 spiro atoms. The second-order valence-corrected chi connectivity index (χ2v) is 4.93. The summed E-state index contributed by atoms with van der Waals surface area (Å²) in [5.74, 6) is 0.939. The first-order valence-corrected chi connectivity index (χ1v) is 6.52. The van der Waals surface area contributed by atoms with Gasteiger partial charge in [0, 0.05) is 11.8 Å². The van der Waals surface area contributed by atoms with Gasteiger partial charge in [-0.1, -0.05) is 6.58 Å². The van der Waals surface area contributed by atoms with E-state index < -0.39 is 0 Å². The third-order valence-electron chi connectivity index (χ3n) is 2.82. The lowest BCUT2D eigenvalue weighted by Gasteiger charge is -2.37. The van der Waals surface area contributed by atoms with Gasteiger partial charge < -0.3 is 4.74 Å². The van der Waals surface area contributed by atoms with E-state index in [-0.39, 0.29) is 0 Å². The van der Waals surface area contributed by atoms with E-state index in [9.17, 15) is 0 Å². The van der Waals surface area contributed by atoms with E-state index in [1.807, 2.05) is 18.7 Å². The number of nitrogens with zero attached hydrogens (tertiary/aromatic N) is 1. The number of hydrogen-bond donors (Lipinski definition) is 0. The highest BCUT2D eigenvalue weighted by Crippen LogP contribution is 2.26. The van der Waals surface area contributed by atoms with Crippen molar-refractivity contribution < 1.29 is 4.74 Å². The zero-order chi connectivity index (χ0) is 10.6. The fourth-order valence-corrected chi connectivity index (χ4v) is 2.74. The topological polar surface area (TPSA) is 12.5 Å². The van der Waals surface area contributed by atoms with E-state index in [1.165, 1.54) is 12.8 Å². The van der Waals surface area contributed by atoms with Crippen molar-refractivity contribution in [2.75, 3.05) is 26.5 Å². The SMILES string of the molecule is C=C(OCC)[C@H]1CCC(SC)CN1C. The van der Waals surface area contributed by atoms with Crippen molar-refractivity contribution in [3.63, 3.8) is 0 Å². The third-order valence-corrected chi connectivity index (χ3v) is 3.87. The lowest BCUT2D eigenvalue weighted by Crippen LogP contribution is -2.43. The molecule has 0 N–H and O–H groups in total. The van der Waals surface area contributed by atoms with Gasteiger partial charge in [0.25, 0.3) is 0 Å². The van der Waals surface area contributed by atoms with E-state index in [0.717, 1.165) is 24.2 Å². The summed E-state index contributed by atoms with van der Waals surface area (Å²) in [5.41, 5.74) is 0. The smallest absolute Gasteiger partial charge is 0.106 e. The number of likely N-dealkylation sites (N-methyl/N-ethyl adjacent to an activating group) is 1. The zero-order valence-corrected chi connectivity index (χ0v) is 10.3. The number of ether oxygens (including phenoxy) is 1. The molecule has 0 bridgehead atoms. The molecule has 0 aliphatic carbocycles. The summed E-state index contributed by atoms with van der Waals surface area (Å²) >= 11 is 1.96. The van der Waals surface area contributed by atoms with Crippen molar-refractivity contribution in [2.24, 2.45) is 0 Å². The minimum Gasteiger partial charge on any atom is -0.497 e. The molecule has 1 heterocycles. The van der Waals surface area contributed by atoms with Crippen LogP contribution in [0.15, 0.2) is 12.3 Å². The van der Waals surface area contributed by atoms with E-state index in [4.69, 9.17) is 4.74 Å². The Labute approximate surface area is 91.7 Å². The number of thioether (sulfide) groups is 1. The molecule has 1 aliphatic rings. The third kappa shape index (κ3) is 2.92. The lowest BCUT2D eigenvalue weighted by molar-refractivity contribution is 0.125. The summed E-state index contributed by atoms with van der Waals surface area (Å²) in [6, 6.07) is 0.429. The maximum absolute atomic E-state index is 5.48. The molecule has 1 aliphatic heterocycles. The molecule has 3 heteroatoms. The largest absolute Gasteiger partial charge is 0.497 e. The standard InChI is InChI=1S/C11H21NOS/c1-5-13-9(2)11-7-6-10(14-4)8-12(11)3/h10-11H,2,5-8H2,1,3-4H3/t10?,11-/m1/s1. The quantitative estimate of drug-likeness (QED) is 0.668. The average Bonchev–Trinajstić information content (AvgIpc) is 2.17. The molecule has 1 fully saturated rings. The van der Waals surface area contributed by atoms with E-state index in [0.29, 0.717) is 6.04 Å². The Kier molecular flexibility index (Phi) is 4.82. The molecule has 1 unspecified atom stereocenters. The van der Waals surface area contributed by atoms with Crippen molar-refractivity contribution in [2.45, 2.75) is 31.1 Å². The van der Waals surface area contributed by atoms with Crippen molar-refractivity contribution in [3.8, 4) is 0 Å². The highest BCUT2D eigenvalue weighted by Gasteiger charge is 2.27. The molecule has 0 radical (unpaired) electrons. The Hall–Kier alpha value is -0.150. The molecule has 0 aromatic heterocycles. The summed E-state index contributed by atoms with van der Waals surface area (Å²) in [5, 5.41) is 0.783. The van der Waals surface area contributed by atoms with Crippen LogP contribution in [0.1, 0.15) is 19.8 Å². The predicted octanol–water partition coefficient (Wildman–Crippen LogP) is 2.36. The summed E-state index contributed by atoms with van der Waals surface area (Å²) in [7, 11) is 2.16. The second kappa shape index (κ2) is 5.66. The highest BCUT2D eigenvalue weighted by molar-refractivity contribution is 7.99. The highest BCUT2D eigenvalue weighted by atomic mass is 32.2. The summed E-state index contributed by atoms with van der Waals surface area (Å²) < 4.78 is 5.48. The van der Waals surface area contributed by atoms with Gasteiger partial charge in [-0.3, -0.25) is 4.90 Å². The first-order chi connectivity index (χ1) is 6.69. The van der Waals surface area contributed by atoms with Crippen LogP contribution in [0.4, 0.5) is 0 Å². The first-order valence-electron chi connectivity index (χ1n) is 5.23. The zero-order valence-electron chi connectivity index (χ0n) is 9.45. The molecule has 0 aromatic rings. The van der Waals surface area contributed by atoms with Gasteiger partial charge in [-0.25, -0.2) is 0 Å². The van der Waals surface area contributed by atoms with Gasteiger partial charge >= 0.3 is 0 Å². The van der Waals surface area contributed by atoms with E-state index in [1.54, 1.807) is 0 Å². The fourth-order valence-electron chi connectivity index (χ4n) is 1.98. The molecule has 1 saturated heterocycles. The maximum Gasteiger partial charge on any atom is 0.106 e. The number of likely N-dealkylation sites (tertiary alicyclic amines) is 1. The van der Waals surface area contributed by atoms with Crippen LogP contribution in [0.3, 0.4) is 0 Å². The van der Waals surface area contributed by atoms with Gasteiger partial charge in [-0.2, -0.15) is 11.8 Å². The van der Waals surface area contributed by atoms with Crippen LogP contribution in [0.5, 0.6) is 0 Å². The molecule has 1 rings (SSSR count). The van der Waals surface area contributed by atoms with Gasteiger partial charge in [0.2, 0.25) is 0 Å². The molecular formula is C11H21NOS. The molecule has 2 nitrogen and oxygen atoms in total. The Morgan fingerprint density at radius 2 is 2.29 bits per heavy atom. The van der Waals surface area contributed by atoms with E-state index in [2.05, 4.69) is 24.8 Å². The fraction of sp³-hybridized carbons (Fsp3) is 0.818. The predicted molar refractivity (Wildman–Crippen MR) is 63.7 cm³/mol. The number of hydrogen-bond acceptors (Lipinski definition) is 3. The summed E-state index contributed by atoms with van der Waals surface area (Å²) in [6.07, 6.45) is 4.65. The van der Waals surface area contributed by atoms with Gasteiger partial charge in [0.15, 0.2) is 0 Å². The Bertz CT molecular complexity index is 196. The van der Waals surface area contributed by atoms with Crippen LogP contribution < -0.4 is 0 Å². The van der Waals surface area contributed by atoms with Crippen LogP contribution in [0, 0.1) is 0 Å². The molecule has 0 saturated carbocycles. The van der Waals surface area contributed by atoms with Crippen LogP contribution >= 0.6 is 11.8 Å². The molecule has 0 aromatic carbocycles. The second-order valence-electron chi connectivity index (χ2n) is 3.79. The van der Waals surface area contributed by atoms with Crippen LogP contribution in [-0.2, 0) is 4.74 Å². The Balaban J connectivity index is 2.45. The molecule has 82 valence electrons. The summed E-state index contributed by atoms with van der Waals surface area (Å²) in [6.45, 7) is 7.89. The number of piperidine rings is 1. The van der Waals surface area contributed by atoms with Gasteiger partial charge in [0.1, 0.15) is 5.76 Å². The van der Waals surface area contributed by atoms with Crippen molar-refractivity contribution >= 4 is 11.8 Å². The molecular weight excluding hydrogens is 194 g/mol. The van der Waals surface area contributed by atoms with Gasteiger partial charge in [0.05, 0.1) is 12.6 Å². The van der Waals surface area contributed by atoms with E-state index >= 15 is 0 Å². The maximum atomic E-state index is 5.48. The Morgan fingerprint density at radius 1 is 1.57 bits per heavy atom. The Morgan fingerprint density at radius 3 is 2.79 bits per heavy atom. The molecule has 0 amide bonds. The van der Waals surface area contributed by atoms with Crippen molar-refractivity contribution in [1.29, 1.82) is 0 Å². The lowest BCUT2D eigenvalue weighted by atomic mass is 10.0. The first kappa shape index (κ1) is 11.9. The van der Waals surface area contributed by atoms with Crippen molar-refractivity contribution in [3.05, 3.63) is 12.3 Å². The molecule has 2 atom stereocenters. The number of rotatable bonds is 4. The normalized spacial score (nSPS) is 28.8. The minimum absolute atomic E-state index is 0.429. The van der Waals surface area contributed by atoms with Gasteiger partial charge in [-0.15, -0.1) is 0 Å².